The number of para-hydroxylation sites is 2. The van der Waals surface area contributed by atoms with Crippen molar-refractivity contribution in [1.82, 2.24) is 24.1 Å². The van der Waals surface area contributed by atoms with Gasteiger partial charge in [0, 0.05) is 44.6 Å². The molecule has 0 saturated heterocycles. The Bertz CT molecular complexity index is 2800. The molecule has 0 spiro atoms. The largest absolute Gasteiger partial charge is 0.309 e. The number of benzene rings is 6. The summed E-state index contributed by atoms with van der Waals surface area (Å²) in [5, 5.41) is 4.62. The lowest BCUT2D eigenvalue weighted by Gasteiger charge is -2.11. The molecule has 0 N–H and O–H groups in total. The van der Waals surface area contributed by atoms with Gasteiger partial charge in [-0.1, -0.05) is 115 Å². The number of pyridine rings is 1. The third kappa shape index (κ3) is 4.45. The molecule has 0 aliphatic carbocycles. The first-order valence-electron chi connectivity index (χ1n) is 16.8. The van der Waals surface area contributed by atoms with Gasteiger partial charge in [0.15, 0.2) is 0 Å². The van der Waals surface area contributed by atoms with E-state index < -0.39 is 0 Å². The molecule has 5 heteroatoms. The highest BCUT2D eigenvalue weighted by Gasteiger charge is 2.20. The summed E-state index contributed by atoms with van der Waals surface area (Å²) in [6.07, 6.45) is 1.84. The third-order valence-corrected chi connectivity index (χ3v) is 9.60. The predicted octanol–water partition coefficient (Wildman–Crippen LogP) is 11.1. The van der Waals surface area contributed by atoms with Crippen LogP contribution in [0.2, 0.25) is 0 Å². The highest BCUT2D eigenvalue weighted by Crippen LogP contribution is 2.41. The molecule has 234 valence electrons. The van der Waals surface area contributed by atoms with Crippen LogP contribution in [0.4, 0.5) is 0 Å². The lowest BCUT2D eigenvalue weighted by molar-refractivity contribution is 0.982. The predicted molar refractivity (Wildman–Crippen MR) is 205 cm³/mol. The second-order valence-corrected chi connectivity index (χ2v) is 12.5. The van der Waals surface area contributed by atoms with Crippen molar-refractivity contribution in [3.05, 3.63) is 176 Å². The molecule has 0 bridgehead atoms. The smallest absolute Gasteiger partial charge is 0.237 e. The number of hydrogen-bond acceptors (Lipinski definition) is 3. The van der Waals surface area contributed by atoms with E-state index >= 15 is 0 Å². The molecule has 0 saturated carbocycles. The van der Waals surface area contributed by atoms with Crippen LogP contribution in [-0.4, -0.2) is 24.1 Å². The Morgan fingerprint density at radius 3 is 1.76 bits per heavy atom. The molecule has 6 aromatic carbocycles. The van der Waals surface area contributed by atoms with E-state index in [0.717, 1.165) is 55.7 Å². The van der Waals surface area contributed by atoms with E-state index in [0.29, 0.717) is 5.95 Å². The quantitative estimate of drug-likeness (QED) is 0.188. The normalized spacial score (nSPS) is 11.6. The molecule has 0 aliphatic heterocycles. The van der Waals surface area contributed by atoms with Gasteiger partial charge in [0.1, 0.15) is 5.65 Å². The Morgan fingerprint density at radius 2 is 1.02 bits per heavy atom. The number of fused-ring (bicyclic) bond motifs is 6. The van der Waals surface area contributed by atoms with Gasteiger partial charge in [-0.2, -0.15) is 0 Å². The van der Waals surface area contributed by atoms with Crippen LogP contribution in [0, 0.1) is 0 Å². The number of aromatic nitrogens is 5. The second-order valence-electron chi connectivity index (χ2n) is 12.5. The Balaban J connectivity index is 1.22. The molecule has 10 rings (SSSR count). The van der Waals surface area contributed by atoms with Crippen LogP contribution < -0.4 is 0 Å². The molecule has 0 fully saturated rings. The highest BCUT2D eigenvalue weighted by molar-refractivity contribution is 6.17. The molecule has 0 aliphatic rings. The highest BCUT2D eigenvalue weighted by atomic mass is 15.2. The van der Waals surface area contributed by atoms with E-state index in [-0.39, 0.29) is 0 Å². The molecule has 0 atom stereocenters. The van der Waals surface area contributed by atoms with Crippen molar-refractivity contribution in [3.63, 3.8) is 0 Å². The molecule has 50 heavy (non-hydrogen) atoms. The minimum atomic E-state index is 0.588. The van der Waals surface area contributed by atoms with Gasteiger partial charge in [-0.15, -0.1) is 0 Å². The molecule has 4 heterocycles. The first kappa shape index (κ1) is 28.2. The zero-order chi connectivity index (χ0) is 33.0. The van der Waals surface area contributed by atoms with Gasteiger partial charge in [-0.25, -0.2) is 15.0 Å². The van der Waals surface area contributed by atoms with Crippen molar-refractivity contribution in [2.45, 2.75) is 0 Å². The number of nitrogens with zero attached hydrogens (tertiary/aromatic N) is 5. The van der Waals surface area contributed by atoms with E-state index in [4.69, 9.17) is 15.0 Å². The van der Waals surface area contributed by atoms with Gasteiger partial charge in [0.25, 0.3) is 0 Å². The van der Waals surface area contributed by atoms with Crippen LogP contribution in [0.5, 0.6) is 0 Å². The van der Waals surface area contributed by atoms with Gasteiger partial charge in [0.2, 0.25) is 5.95 Å². The summed E-state index contributed by atoms with van der Waals surface area (Å²) in [6, 6.07) is 59.4. The number of rotatable bonds is 5. The van der Waals surface area contributed by atoms with Crippen molar-refractivity contribution in [2.75, 3.05) is 0 Å². The first-order valence-corrected chi connectivity index (χ1v) is 16.8. The lowest BCUT2D eigenvalue weighted by atomic mass is 9.98. The zero-order valence-electron chi connectivity index (χ0n) is 27.0. The van der Waals surface area contributed by atoms with Crippen molar-refractivity contribution < 1.29 is 0 Å². The standard InChI is InChI=1S/C45H29N5/c1-4-14-30(15-5-1)38-29-39(31-16-6-2-7-17-31)48-45(47-38)50-41-26-25-32(28-37(41)35-22-13-27-46-44(35)50)34-21-12-24-42-43(34)36-20-10-11-23-40(36)49(42)33-18-8-3-9-19-33/h1-29H. The van der Waals surface area contributed by atoms with Crippen LogP contribution >= 0.6 is 0 Å². The first-order chi connectivity index (χ1) is 24.8. The van der Waals surface area contributed by atoms with Crippen LogP contribution in [0.15, 0.2) is 176 Å². The average Bonchev–Trinajstić information content (AvgIpc) is 3.71. The maximum absolute atomic E-state index is 5.17. The van der Waals surface area contributed by atoms with E-state index in [1.807, 2.05) is 48.7 Å². The van der Waals surface area contributed by atoms with E-state index in [2.05, 4.69) is 137 Å². The molecule has 0 unspecified atom stereocenters. The van der Waals surface area contributed by atoms with Crippen LogP contribution in [0.1, 0.15) is 0 Å². The molecule has 4 aromatic heterocycles. The van der Waals surface area contributed by atoms with E-state index in [1.165, 1.54) is 27.4 Å². The van der Waals surface area contributed by atoms with Gasteiger partial charge < -0.3 is 4.57 Å². The van der Waals surface area contributed by atoms with Crippen molar-refractivity contribution >= 4 is 43.7 Å². The Hall–Kier alpha value is -6.85. The lowest BCUT2D eigenvalue weighted by Crippen LogP contribution is -2.04. The molecule has 5 nitrogen and oxygen atoms in total. The minimum Gasteiger partial charge on any atom is -0.309 e. The summed E-state index contributed by atoms with van der Waals surface area (Å²) < 4.78 is 4.47. The molecule has 0 amide bonds. The fraction of sp³-hybridized carbons (Fsp3) is 0. The zero-order valence-corrected chi connectivity index (χ0v) is 27.0. The monoisotopic (exact) mass is 639 g/mol. The number of hydrogen-bond donors (Lipinski definition) is 0. The Labute approximate surface area is 288 Å². The SMILES string of the molecule is c1ccc(-c2cc(-c3ccccc3)nc(-n3c4ccc(-c5cccc6c5c5ccccc5n6-c5ccccc5)cc4c4cccnc43)n2)cc1. The van der Waals surface area contributed by atoms with Crippen molar-refractivity contribution in [1.29, 1.82) is 0 Å². The maximum Gasteiger partial charge on any atom is 0.237 e. The van der Waals surface area contributed by atoms with Gasteiger partial charge in [-0.05, 0) is 65.7 Å². The summed E-state index contributed by atoms with van der Waals surface area (Å²) >= 11 is 0. The molecule has 0 radical (unpaired) electrons. The topological polar surface area (TPSA) is 48.5 Å². The second kappa shape index (κ2) is 11.4. The van der Waals surface area contributed by atoms with Gasteiger partial charge >= 0.3 is 0 Å². The Morgan fingerprint density at radius 1 is 0.400 bits per heavy atom. The van der Waals surface area contributed by atoms with E-state index in [1.54, 1.807) is 0 Å². The maximum atomic E-state index is 5.17. The van der Waals surface area contributed by atoms with Crippen molar-refractivity contribution in [3.8, 4) is 45.3 Å². The average molecular weight is 640 g/mol. The Kier molecular flexibility index (Phi) is 6.42. The van der Waals surface area contributed by atoms with Crippen LogP contribution in [-0.2, 0) is 0 Å². The van der Waals surface area contributed by atoms with Gasteiger partial charge in [-0.3, -0.25) is 4.57 Å². The minimum absolute atomic E-state index is 0.588. The van der Waals surface area contributed by atoms with Gasteiger partial charge in [0.05, 0.1) is 27.9 Å². The summed E-state index contributed by atoms with van der Waals surface area (Å²) in [7, 11) is 0. The third-order valence-electron chi connectivity index (χ3n) is 9.60. The summed E-state index contributed by atoms with van der Waals surface area (Å²) in [4.78, 5) is 15.2. The summed E-state index contributed by atoms with van der Waals surface area (Å²) in [5.41, 5.74) is 11.5. The van der Waals surface area contributed by atoms with Crippen LogP contribution in [0.3, 0.4) is 0 Å². The fourth-order valence-electron chi connectivity index (χ4n) is 7.38. The van der Waals surface area contributed by atoms with Crippen LogP contribution in [0.25, 0.3) is 89.0 Å². The summed E-state index contributed by atoms with van der Waals surface area (Å²) in [5.74, 6) is 0.588. The van der Waals surface area contributed by atoms with Crippen molar-refractivity contribution in [2.24, 2.45) is 0 Å². The molecular weight excluding hydrogens is 611 g/mol. The summed E-state index contributed by atoms with van der Waals surface area (Å²) in [6.45, 7) is 0. The molecule has 10 aromatic rings. The molecular formula is C45H29N5. The van der Waals surface area contributed by atoms with E-state index in [9.17, 15) is 0 Å². The fourth-order valence-corrected chi connectivity index (χ4v) is 7.38.